The van der Waals surface area contributed by atoms with Crippen LogP contribution in [0.5, 0.6) is 0 Å². The lowest BCUT2D eigenvalue weighted by Gasteiger charge is -2.42. The van der Waals surface area contributed by atoms with Gasteiger partial charge < -0.3 is 75.5 Å². The van der Waals surface area contributed by atoms with E-state index in [2.05, 4.69) is 26.6 Å². The van der Waals surface area contributed by atoms with Gasteiger partial charge >= 0.3 is 12.1 Å². The molecule has 0 radical (unpaired) electrons. The van der Waals surface area contributed by atoms with E-state index in [1.54, 1.807) is 76.2 Å². The summed E-state index contributed by atoms with van der Waals surface area (Å²) in [4.78, 5) is 199. The number of carbonyl (C=O) groups excluding carboxylic acids is 13. The van der Waals surface area contributed by atoms with Gasteiger partial charge in [0.25, 0.3) is 0 Å². The summed E-state index contributed by atoms with van der Waals surface area (Å²) in [5.41, 5.74) is -0.670. The molecule has 13 atom stereocenters. The van der Waals surface area contributed by atoms with Gasteiger partial charge in [0.05, 0.1) is 19.6 Å². The molecule has 28 nitrogen and oxygen atoms in total. The van der Waals surface area contributed by atoms with Crippen molar-refractivity contribution >= 4 is 88.8 Å². The standard InChI is InChI=1S/C76H138N12O16S/c1-30-52-68(96)86(26)57(42-105-76(20,21)41-58(89)103-29)71(99)82(22)54(38-44(4)5)65(93)81-59(47(10)11)72(100)83(23)53(37-43(2)3)64(92)78-50(15)63(91)79-51(16)67(95)84(24)55(39-45(6)7)69(97)85(25)56(40-46(8)9)70(98)87(27)60(48(12)13)73(101)88(28)61(66(94)80-52)62(90)49(14)35-33-31-32-34-36-77-74(102)104-75(17,18)19/h43-57,59-62,90H,30-42H2,1-29H3,(H,77,102)(H,78,92)(H,79,91)(H,80,94)(H,81,93)/t49-,50-,51?,52?,53-,54+,55?,56?,57-,59-,60?,61?,62-/m1/s1. The molecule has 0 saturated carbocycles. The van der Waals surface area contributed by atoms with E-state index in [0.717, 1.165) is 4.90 Å². The van der Waals surface area contributed by atoms with Crippen LogP contribution in [0.1, 0.15) is 216 Å². The number of nitrogens with zero attached hydrogens (tertiary/aromatic N) is 7. The molecule has 0 aromatic heterocycles. The first-order chi connectivity index (χ1) is 48.3. The second-order valence-corrected chi connectivity index (χ2v) is 34.7. The molecule has 0 aliphatic carbocycles. The van der Waals surface area contributed by atoms with Crippen molar-refractivity contribution in [1.82, 2.24) is 60.9 Å². The Hall–Kier alpha value is -6.78. The molecule has 0 aromatic rings. The van der Waals surface area contributed by atoms with Crippen molar-refractivity contribution in [2.45, 2.75) is 299 Å². The van der Waals surface area contributed by atoms with Crippen molar-refractivity contribution in [1.29, 1.82) is 0 Å². The van der Waals surface area contributed by atoms with Crippen molar-refractivity contribution < 1.29 is 76.9 Å². The number of nitrogens with one attached hydrogen (secondary N) is 5. The lowest BCUT2D eigenvalue weighted by molar-refractivity contribution is -0.157. The number of rotatable bonds is 25. The van der Waals surface area contributed by atoms with Crippen LogP contribution >= 0.6 is 11.8 Å². The Balaban J connectivity index is 4.59. The van der Waals surface area contributed by atoms with Crippen molar-refractivity contribution in [2.75, 3.05) is 68.7 Å². The van der Waals surface area contributed by atoms with E-state index in [-0.39, 0.29) is 67.9 Å². The number of alkyl carbamates (subject to hydrolysis) is 1. The molecule has 1 aliphatic rings. The van der Waals surface area contributed by atoms with Gasteiger partial charge in [-0.25, -0.2) is 4.79 Å². The highest BCUT2D eigenvalue weighted by atomic mass is 32.2. The molecule has 6 N–H and O–H groups in total. The molecule has 1 rings (SSSR count). The van der Waals surface area contributed by atoms with Crippen molar-refractivity contribution in [2.24, 2.45) is 41.4 Å². The zero-order chi connectivity index (χ0) is 81.4. The number of amides is 12. The van der Waals surface area contributed by atoms with Crippen molar-refractivity contribution in [3.63, 3.8) is 0 Å². The Morgan fingerprint density at radius 3 is 1.37 bits per heavy atom. The molecule has 1 saturated heterocycles. The predicted octanol–water partition coefficient (Wildman–Crippen LogP) is 6.22. The van der Waals surface area contributed by atoms with Crippen LogP contribution in [-0.4, -0.2) is 268 Å². The third kappa shape index (κ3) is 30.1. The molecule has 604 valence electrons. The SMILES string of the molecule is CCC1NC(=O)C([C@H](O)[C@H](C)CCCCCCNC(=O)OC(C)(C)C)N(C)C(=O)C(C(C)C)N(C)C(=O)C(CC(C)C)N(C)C(=O)C(CC(C)C)N(C)C(=O)C(C)NC(=O)[C@@H](C)NC(=O)[C@@H](CC(C)C)N(C)C(=O)[C@@H](C(C)C)NC(=O)[C@H](CC(C)C)N(C)C(=O)[C@@H](CSC(C)(C)CC(=O)OC)N(C)C1=O. The van der Waals surface area contributed by atoms with Gasteiger partial charge in [-0.2, -0.15) is 11.8 Å². The first kappa shape index (κ1) is 96.2. The topological polar surface area (TPSA) is 343 Å². The van der Waals surface area contributed by atoms with E-state index in [0.29, 0.717) is 38.6 Å². The number of aliphatic hydroxyl groups is 1. The fourth-order valence-corrected chi connectivity index (χ4v) is 14.1. The maximum Gasteiger partial charge on any atom is 0.407 e. The Bertz CT molecular complexity index is 2900. The molecule has 1 heterocycles. The zero-order valence-corrected chi connectivity index (χ0v) is 70.1. The number of thioether (sulfide) groups is 1. The number of likely N-dealkylation sites (N-methyl/N-ethyl adjacent to an activating group) is 7. The molecule has 0 bridgehead atoms. The summed E-state index contributed by atoms with van der Waals surface area (Å²) in [6.45, 7) is 37.1. The van der Waals surface area contributed by atoms with Gasteiger partial charge in [-0.1, -0.05) is 130 Å². The molecule has 0 aromatic carbocycles. The highest BCUT2D eigenvalue weighted by Gasteiger charge is 2.47. The van der Waals surface area contributed by atoms with E-state index in [1.165, 1.54) is 111 Å². The number of esters is 1. The number of unbranched alkanes of at least 4 members (excludes halogenated alkanes) is 3. The summed E-state index contributed by atoms with van der Waals surface area (Å²) in [6, 6.07) is -14.5. The molecule has 29 heteroatoms. The normalized spacial score (nSPS) is 24.9. The van der Waals surface area contributed by atoms with E-state index < -0.39 is 178 Å². The molecule has 6 unspecified atom stereocenters. The zero-order valence-electron chi connectivity index (χ0n) is 69.3. The Morgan fingerprint density at radius 2 is 0.905 bits per heavy atom. The summed E-state index contributed by atoms with van der Waals surface area (Å²) in [5, 5.41) is 26.6. The molecule has 12 amide bonds. The van der Waals surface area contributed by atoms with Crippen LogP contribution in [0.15, 0.2) is 0 Å². The Morgan fingerprint density at radius 1 is 0.486 bits per heavy atom. The van der Waals surface area contributed by atoms with Gasteiger partial charge in [0.1, 0.15) is 72.1 Å². The predicted molar refractivity (Wildman–Crippen MR) is 408 cm³/mol. The van der Waals surface area contributed by atoms with Gasteiger partial charge in [-0.15, -0.1) is 0 Å². The van der Waals surface area contributed by atoms with Gasteiger partial charge in [0, 0.05) is 66.4 Å². The molecule has 0 spiro atoms. The summed E-state index contributed by atoms with van der Waals surface area (Å²) in [7, 11) is 11.1. The quantitative estimate of drug-likeness (QED) is 0.0436. The van der Waals surface area contributed by atoms with Gasteiger partial charge in [0.2, 0.25) is 65.0 Å². The minimum absolute atomic E-state index is 0.0658. The number of hydrogen-bond donors (Lipinski definition) is 6. The summed E-state index contributed by atoms with van der Waals surface area (Å²) < 4.78 is 9.48. The lowest BCUT2D eigenvalue weighted by atomic mass is 9.90. The van der Waals surface area contributed by atoms with Crippen LogP contribution in [0.25, 0.3) is 0 Å². The third-order valence-corrected chi connectivity index (χ3v) is 20.7. The Labute approximate surface area is 632 Å². The molecule has 1 fully saturated rings. The van der Waals surface area contributed by atoms with E-state index in [4.69, 9.17) is 9.47 Å². The number of ether oxygens (including phenoxy) is 2. The smallest absolute Gasteiger partial charge is 0.407 e. The molecule has 105 heavy (non-hydrogen) atoms. The molecule has 1 aliphatic heterocycles. The number of aliphatic hydroxyl groups excluding tert-OH is 1. The highest BCUT2D eigenvalue weighted by molar-refractivity contribution is 8.00. The first-order valence-corrected chi connectivity index (χ1v) is 38.7. The number of hydrogen-bond acceptors (Lipinski definition) is 17. The van der Waals surface area contributed by atoms with Crippen molar-refractivity contribution in [3.8, 4) is 0 Å². The van der Waals surface area contributed by atoms with E-state index >= 15 is 33.6 Å². The van der Waals surface area contributed by atoms with Crippen LogP contribution < -0.4 is 26.6 Å². The summed E-state index contributed by atoms with van der Waals surface area (Å²) >= 11 is 1.19. The summed E-state index contributed by atoms with van der Waals surface area (Å²) in [6.07, 6.45) is 1.02. The van der Waals surface area contributed by atoms with E-state index in [1.807, 2.05) is 55.4 Å². The Kier molecular flexibility index (Phi) is 40.2. The van der Waals surface area contributed by atoms with Gasteiger partial charge in [-0.05, 0) is 121 Å². The largest absolute Gasteiger partial charge is 0.469 e. The van der Waals surface area contributed by atoms with Crippen LogP contribution in [0, 0.1) is 41.4 Å². The monoisotopic (exact) mass is 1510 g/mol. The van der Waals surface area contributed by atoms with Gasteiger partial charge in [0.15, 0.2) is 0 Å². The number of carbonyl (C=O) groups is 13. The maximum atomic E-state index is 15.6. The van der Waals surface area contributed by atoms with Crippen LogP contribution in [0.4, 0.5) is 4.79 Å². The fourth-order valence-electron chi connectivity index (χ4n) is 12.9. The minimum Gasteiger partial charge on any atom is -0.469 e. The fraction of sp³-hybridized carbons (Fsp3) is 0.829. The second kappa shape index (κ2) is 43.9. The molecular formula is C76H138N12O16S. The molecular weight excluding hydrogens is 1370 g/mol. The van der Waals surface area contributed by atoms with Crippen LogP contribution in [0.2, 0.25) is 0 Å². The highest BCUT2D eigenvalue weighted by Crippen LogP contribution is 2.32. The van der Waals surface area contributed by atoms with Gasteiger partial charge in [-0.3, -0.25) is 57.5 Å². The van der Waals surface area contributed by atoms with Crippen LogP contribution in [-0.2, 0) is 67.0 Å². The average molecular weight is 1510 g/mol. The number of methoxy groups -OCH3 is 1. The van der Waals surface area contributed by atoms with E-state index in [9.17, 15) is 33.9 Å². The van der Waals surface area contributed by atoms with Crippen molar-refractivity contribution in [3.05, 3.63) is 0 Å². The average Bonchev–Trinajstić information content (AvgIpc) is 0.807. The lowest BCUT2D eigenvalue weighted by Crippen LogP contribution is -2.64. The third-order valence-electron chi connectivity index (χ3n) is 19.3. The minimum atomic E-state index is -1.72. The second-order valence-electron chi connectivity index (χ2n) is 33.0. The maximum absolute atomic E-state index is 15.6. The van der Waals surface area contributed by atoms with Crippen LogP contribution in [0.3, 0.4) is 0 Å². The first-order valence-electron chi connectivity index (χ1n) is 37.8. The summed E-state index contributed by atoms with van der Waals surface area (Å²) in [5.74, 6) is -11.4.